The fraction of sp³-hybridized carbons (Fsp3) is 0.412. The Morgan fingerprint density at radius 3 is 2.60 bits per heavy atom. The number of hydrogen-bond acceptors (Lipinski definition) is 4. The molecule has 25 heavy (non-hydrogen) atoms. The van der Waals surface area contributed by atoms with E-state index >= 15 is 0 Å². The molecule has 0 saturated carbocycles. The molecule has 0 aliphatic carbocycles. The van der Waals surface area contributed by atoms with Gasteiger partial charge in [0, 0.05) is 13.5 Å². The van der Waals surface area contributed by atoms with Gasteiger partial charge >= 0.3 is 6.18 Å². The van der Waals surface area contributed by atoms with Gasteiger partial charge in [0.25, 0.3) is 5.91 Å². The number of amides is 1. The van der Waals surface area contributed by atoms with Crippen LogP contribution < -0.4 is 0 Å². The third-order valence-electron chi connectivity index (χ3n) is 4.26. The van der Waals surface area contributed by atoms with E-state index in [1.54, 1.807) is 13.8 Å². The van der Waals surface area contributed by atoms with Gasteiger partial charge in [-0.1, -0.05) is 18.2 Å². The van der Waals surface area contributed by atoms with Crippen molar-refractivity contribution in [2.75, 3.05) is 6.54 Å². The summed E-state index contributed by atoms with van der Waals surface area (Å²) in [5.41, 5.74) is -0.474. The highest BCUT2D eigenvalue weighted by Gasteiger charge is 2.42. The number of aliphatic hydroxyl groups excluding tert-OH is 1. The van der Waals surface area contributed by atoms with Crippen molar-refractivity contribution in [3.8, 4) is 0 Å². The van der Waals surface area contributed by atoms with Crippen LogP contribution in [0, 0.1) is 13.8 Å². The SMILES string of the molecule is Cc1nc(C)c(C(=O)N2C[C@H](O)C[C@@H]2c2ccccc2C(F)(F)F)o1. The van der Waals surface area contributed by atoms with Crippen molar-refractivity contribution in [2.45, 2.75) is 38.6 Å². The molecule has 0 spiro atoms. The number of halogens is 3. The lowest BCUT2D eigenvalue weighted by Gasteiger charge is -2.26. The zero-order valence-corrected chi connectivity index (χ0v) is 13.7. The van der Waals surface area contributed by atoms with Crippen LogP contribution in [0.25, 0.3) is 0 Å². The number of benzene rings is 1. The average molecular weight is 354 g/mol. The molecular formula is C17H17F3N2O3. The number of nitrogens with zero attached hydrogens (tertiary/aromatic N) is 2. The lowest BCUT2D eigenvalue weighted by molar-refractivity contribution is -0.138. The second-order valence-corrected chi connectivity index (χ2v) is 6.10. The van der Waals surface area contributed by atoms with Crippen molar-refractivity contribution >= 4 is 5.91 Å². The molecule has 3 rings (SSSR count). The quantitative estimate of drug-likeness (QED) is 0.899. The summed E-state index contributed by atoms with van der Waals surface area (Å²) in [6.45, 7) is 3.11. The van der Waals surface area contributed by atoms with Crippen LogP contribution in [-0.2, 0) is 6.18 Å². The van der Waals surface area contributed by atoms with Crippen LogP contribution >= 0.6 is 0 Å². The number of rotatable bonds is 2. The molecule has 1 amide bonds. The Morgan fingerprint density at radius 1 is 1.32 bits per heavy atom. The Morgan fingerprint density at radius 2 is 2.00 bits per heavy atom. The first-order chi connectivity index (χ1) is 11.7. The highest BCUT2D eigenvalue weighted by Crippen LogP contribution is 2.41. The molecule has 8 heteroatoms. The van der Waals surface area contributed by atoms with E-state index in [1.807, 2.05) is 0 Å². The molecule has 0 radical (unpaired) electrons. The van der Waals surface area contributed by atoms with Gasteiger partial charge < -0.3 is 14.4 Å². The van der Waals surface area contributed by atoms with E-state index in [-0.39, 0.29) is 24.3 Å². The molecule has 0 unspecified atom stereocenters. The van der Waals surface area contributed by atoms with E-state index in [0.29, 0.717) is 11.6 Å². The predicted molar refractivity (Wildman–Crippen MR) is 81.8 cm³/mol. The predicted octanol–water partition coefficient (Wildman–Crippen LogP) is 3.26. The first-order valence-corrected chi connectivity index (χ1v) is 7.77. The standard InChI is InChI=1S/C17H17F3N2O3/c1-9-15(25-10(2)21-9)16(24)22-8-11(23)7-14(22)12-5-3-4-6-13(12)17(18,19)20/h3-6,11,14,23H,7-8H2,1-2H3/t11-,14-/m1/s1. The summed E-state index contributed by atoms with van der Waals surface area (Å²) in [7, 11) is 0. The summed E-state index contributed by atoms with van der Waals surface area (Å²) in [6.07, 6.45) is -5.41. The molecule has 2 atom stereocenters. The zero-order chi connectivity index (χ0) is 18.4. The van der Waals surface area contributed by atoms with E-state index in [2.05, 4.69) is 4.98 Å². The Kier molecular flexibility index (Phi) is 4.32. The van der Waals surface area contributed by atoms with Crippen molar-refractivity contribution in [1.29, 1.82) is 0 Å². The Hall–Kier alpha value is -2.35. The lowest BCUT2D eigenvalue weighted by atomic mass is 9.97. The van der Waals surface area contributed by atoms with Crippen molar-refractivity contribution < 1.29 is 27.5 Å². The van der Waals surface area contributed by atoms with Gasteiger partial charge in [0.05, 0.1) is 23.4 Å². The topological polar surface area (TPSA) is 66.6 Å². The number of aromatic nitrogens is 1. The van der Waals surface area contributed by atoms with E-state index in [1.165, 1.54) is 23.1 Å². The first-order valence-electron chi connectivity index (χ1n) is 7.77. The molecule has 0 bridgehead atoms. The molecule has 2 aromatic rings. The van der Waals surface area contributed by atoms with E-state index in [9.17, 15) is 23.1 Å². The molecule has 2 heterocycles. The van der Waals surface area contributed by atoms with Crippen LogP contribution in [0.4, 0.5) is 13.2 Å². The first kappa shape index (κ1) is 17.5. The molecule has 5 nitrogen and oxygen atoms in total. The number of carbonyl (C=O) groups is 1. The van der Waals surface area contributed by atoms with E-state index < -0.39 is 29.8 Å². The summed E-state index contributed by atoms with van der Waals surface area (Å²) < 4.78 is 45.3. The summed E-state index contributed by atoms with van der Waals surface area (Å²) in [4.78, 5) is 18.0. The summed E-state index contributed by atoms with van der Waals surface area (Å²) in [5, 5.41) is 9.97. The largest absolute Gasteiger partial charge is 0.436 e. The highest BCUT2D eigenvalue weighted by molar-refractivity contribution is 5.93. The average Bonchev–Trinajstić information content (AvgIpc) is 3.08. The lowest BCUT2D eigenvalue weighted by Crippen LogP contribution is -2.32. The van der Waals surface area contributed by atoms with Gasteiger partial charge in [-0.25, -0.2) is 4.98 Å². The number of aryl methyl sites for hydroxylation is 2. The number of carbonyl (C=O) groups excluding carboxylic acids is 1. The van der Waals surface area contributed by atoms with Crippen molar-refractivity contribution in [1.82, 2.24) is 9.88 Å². The van der Waals surface area contributed by atoms with Crippen LogP contribution in [0.5, 0.6) is 0 Å². The van der Waals surface area contributed by atoms with Crippen LogP contribution in [0.2, 0.25) is 0 Å². The maximum atomic E-state index is 13.3. The summed E-state index contributed by atoms with van der Waals surface area (Å²) >= 11 is 0. The third kappa shape index (κ3) is 3.26. The number of hydrogen-bond donors (Lipinski definition) is 1. The van der Waals surface area contributed by atoms with Crippen LogP contribution in [0.15, 0.2) is 28.7 Å². The molecule has 1 aromatic carbocycles. The van der Waals surface area contributed by atoms with Gasteiger partial charge in [-0.2, -0.15) is 13.2 Å². The van der Waals surface area contributed by atoms with Crippen LogP contribution in [-0.4, -0.2) is 33.5 Å². The molecular weight excluding hydrogens is 337 g/mol. The Labute approximate surface area is 142 Å². The number of likely N-dealkylation sites (tertiary alicyclic amines) is 1. The van der Waals surface area contributed by atoms with Crippen molar-refractivity contribution in [3.63, 3.8) is 0 Å². The fourth-order valence-electron chi connectivity index (χ4n) is 3.24. The molecule has 1 fully saturated rings. The maximum Gasteiger partial charge on any atom is 0.416 e. The third-order valence-corrected chi connectivity index (χ3v) is 4.26. The monoisotopic (exact) mass is 354 g/mol. The van der Waals surface area contributed by atoms with Crippen molar-refractivity contribution in [3.05, 3.63) is 52.7 Å². The molecule has 134 valence electrons. The van der Waals surface area contributed by atoms with Gasteiger partial charge in [0.2, 0.25) is 5.76 Å². The highest BCUT2D eigenvalue weighted by atomic mass is 19.4. The number of alkyl halides is 3. The minimum Gasteiger partial charge on any atom is -0.436 e. The Balaban J connectivity index is 2.01. The normalized spacial score (nSPS) is 21.0. The minimum atomic E-state index is -4.54. The van der Waals surface area contributed by atoms with E-state index in [0.717, 1.165) is 6.07 Å². The molecule has 1 N–H and O–H groups in total. The Bertz CT molecular complexity index is 801. The fourth-order valence-corrected chi connectivity index (χ4v) is 3.24. The van der Waals surface area contributed by atoms with Gasteiger partial charge in [-0.3, -0.25) is 4.79 Å². The molecule has 1 saturated heterocycles. The number of β-amino-alcohol motifs (C(OH)–C–C–N with tert-alkyl or cyclic N) is 1. The maximum absolute atomic E-state index is 13.3. The number of aliphatic hydroxyl groups is 1. The second kappa shape index (κ2) is 6.18. The van der Waals surface area contributed by atoms with Crippen LogP contribution in [0.1, 0.15) is 45.7 Å². The van der Waals surface area contributed by atoms with E-state index in [4.69, 9.17) is 4.42 Å². The zero-order valence-electron chi connectivity index (χ0n) is 13.7. The summed E-state index contributed by atoms with van der Waals surface area (Å²) in [5.74, 6) is -0.287. The minimum absolute atomic E-state index is 0.0129. The smallest absolute Gasteiger partial charge is 0.416 e. The molecule has 1 aliphatic rings. The van der Waals surface area contributed by atoms with Gasteiger partial charge in [0.15, 0.2) is 5.89 Å². The molecule has 1 aromatic heterocycles. The molecule has 1 aliphatic heterocycles. The van der Waals surface area contributed by atoms with Gasteiger partial charge in [-0.15, -0.1) is 0 Å². The van der Waals surface area contributed by atoms with Crippen LogP contribution in [0.3, 0.4) is 0 Å². The van der Waals surface area contributed by atoms with Gasteiger partial charge in [0.1, 0.15) is 0 Å². The summed E-state index contributed by atoms with van der Waals surface area (Å²) in [6, 6.07) is 4.22. The number of oxazole rings is 1. The van der Waals surface area contributed by atoms with Crippen molar-refractivity contribution in [2.24, 2.45) is 0 Å². The van der Waals surface area contributed by atoms with Gasteiger partial charge in [-0.05, 0) is 25.0 Å². The second-order valence-electron chi connectivity index (χ2n) is 6.10.